The van der Waals surface area contributed by atoms with Crippen LogP contribution in [0, 0.1) is 10.1 Å². The Bertz CT molecular complexity index is 616. The number of hydrogen-bond acceptors (Lipinski definition) is 6. The molecule has 0 atom stereocenters. The highest BCUT2D eigenvalue weighted by Crippen LogP contribution is 2.39. The van der Waals surface area contributed by atoms with Gasteiger partial charge in [0.25, 0.3) is 0 Å². The van der Waals surface area contributed by atoms with Crippen molar-refractivity contribution in [3.63, 3.8) is 0 Å². The van der Waals surface area contributed by atoms with Crippen molar-refractivity contribution in [2.75, 3.05) is 33.9 Å². The third kappa shape index (κ3) is 4.15. The largest absolute Gasteiger partial charge is 0.493 e. The number of ether oxygens (including phenoxy) is 2. The van der Waals surface area contributed by atoms with Crippen molar-refractivity contribution in [1.29, 1.82) is 0 Å². The van der Waals surface area contributed by atoms with Gasteiger partial charge in [-0.2, -0.15) is 0 Å². The zero-order chi connectivity index (χ0) is 17.5. The van der Waals surface area contributed by atoms with Gasteiger partial charge in [0.1, 0.15) is 5.84 Å². The van der Waals surface area contributed by atoms with Crippen molar-refractivity contribution < 1.29 is 14.4 Å². The highest BCUT2D eigenvalue weighted by atomic mass is 16.6. The molecule has 2 rings (SSSR count). The van der Waals surface area contributed by atoms with Crippen LogP contribution < -0.4 is 9.47 Å². The number of unbranched alkanes of at least 4 members (excludes halogenated alkanes) is 3. The molecule has 1 aromatic carbocycles. The van der Waals surface area contributed by atoms with E-state index in [1.165, 1.54) is 13.2 Å². The predicted octanol–water partition coefficient (Wildman–Crippen LogP) is 3.25. The molecule has 0 N–H and O–H groups in total. The molecule has 7 heteroatoms. The second-order valence-corrected chi connectivity index (χ2v) is 5.82. The number of aliphatic imine (C=N–C) groups is 1. The van der Waals surface area contributed by atoms with Gasteiger partial charge < -0.3 is 14.4 Å². The number of nitro groups is 1. The first kappa shape index (κ1) is 18.0. The van der Waals surface area contributed by atoms with Gasteiger partial charge in [0.05, 0.1) is 25.2 Å². The van der Waals surface area contributed by atoms with Crippen LogP contribution >= 0.6 is 0 Å². The van der Waals surface area contributed by atoms with E-state index in [4.69, 9.17) is 9.47 Å². The van der Waals surface area contributed by atoms with E-state index in [0.717, 1.165) is 38.1 Å². The summed E-state index contributed by atoms with van der Waals surface area (Å²) in [6, 6.07) is 3.28. The second kappa shape index (κ2) is 8.52. The number of nitrogens with zero attached hydrogens (tertiary/aromatic N) is 3. The van der Waals surface area contributed by atoms with Gasteiger partial charge >= 0.3 is 5.69 Å². The molecule has 0 unspecified atom stereocenters. The van der Waals surface area contributed by atoms with Crippen LogP contribution in [0.15, 0.2) is 17.1 Å². The van der Waals surface area contributed by atoms with E-state index in [2.05, 4.69) is 11.9 Å². The zero-order valence-electron chi connectivity index (χ0n) is 14.6. The first-order valence-corrected chi connectivity index (χ1v) is 8.33. The molecule has 1 aliphatic rings. The van der Waals surface area contributed by atoms with E-state index in [1.807, 2.05) is 11.9 Å². The lowest BCUT2D eigenvalue weighted by Crippen LogP contribution is -2.23. The Morgan fingerprint density at radius 2 is 2.12 bits per heavy atom. The summed E-state index contributed by atoms with van der Waals surface area (Å²) in [5, 5.41) is 11.5. The molecule has 0 bridgehead atoms. The first-order chi connectivity index (χ1) is 11.6. The van der Waals surface area contributed by atoms with Crippen LogP contribution in [0.3, 0.4) is 0 Å². The van der Waals surface area contributed by atoms with Gasteiger partial charge in [0.2, 0.25) is 5.75 Å². The van der Waals surface area contributed by atoms with E-state index in [1.54, 1.807) is 6.07 Å². The fourth-order valence-electron chi connectivity index (χ4n) is 2.70. The standard InChI is InChI=1S/C17H25N3O4/c1-4-5-6-7-10-24-16-14(20(21)22)11-13(12-15(16)23-3)17-18-8-9-19(17)2/h11-12H,4-10H2,1-3H3. The van der Waals surface area contributed by atoms with E-state index < -0.39 is 4.92 Å². The highest BCUT2D eigenvalue weighted by Gasteiger charge is 2.25. The Morgan fingerprint density at radius 3 is 2.71 bits per heavy atom. The normalized spacial score (nSPS) is 13.8. The Balaban J connectivity index is 2.27. The van der Waals surface area contributed by atoms with E-state index >= 15 is 0 Å². The Kier molecular flexibility index (Phi) is 6.40. The van der Waals surface area contributed by atoms with Crippen LogP contribution in [0.1, 0.15) is 38.2 Å². The van der Waals surface area contributed by atoms with Gasteiger partial charge in [0.15, 0.2) is 5.75 Å². The summed E-state index contributed by atoms with van der Waals surface area (Å²) in [4.78, 5) is 17.5. The molecule has 7 nitrogen and oxygen atoms in total. The molecule has 0 aromatic heterocycles. The van der Waals surface area contributed by atoms with Crippen molar-refractivity contribution >= 4 is 11.5 Å². The minimum absolute atomic E-state index is 0.0807. The minimum atomic E-state index is -0.428. The fraction of sp³-hybridized carbons (Fsp3) is 0.588. The number of nitro benzene ring substituents is 1. The first-order valence-electron chi connectivity index (χ1n) is 8.33. The summed E-state index contributed by atoms with van der Waals surface area (Å²) < 4.78 is 11.0. The molecule has 0 aliphatic carbocycles. The Morgan fingerprint density at radius 1 is 1.33 bits per heavy atom. The maximum atomic E-state index is 11.5. The van der Waals surface area contributed by atoms with Gasteiger partial charge in [-0.1, -0.05) is 26.2 Å². The molecule has 0 saturated carbocycles. The van der Waals surface area contributed by atoms with Crippen molar-refractivity contribution in [2.45, 2.75) is 32.6 Å². The molecule has 1 aliphatic heterocycles. The van der Waals surface area contributed by atoms with Gasteiger partial charge in [-0.3, -0.25) is 15.1 Å². The average Bonchev–Trinajstić information content (AvgIpc) is 3.00. The molecule has 1 heterocycles. The fourth-order valence-corrected chi connectivity index (χ4v) is 2.70. The summed E-state index contributed by atoms with van der Waals surface area (Å²) in [6.45, 7) is 4.08. The third-order valence-corrected chi connectivity index (χ3v) is 4.01. The van der Waals surface area contributed by atoms with Crippen LogP contribution in [0.2, 0.25) is 0 Å². The van der Waals surface area contributed by atoms with Crippen molar-refractivity contribution in [1.82, 2.24) is 4.90 Å². The summed E-state index contributed by atoms with van der Waals surface area (Å²) in [5.41, 5.74) is 0.597. The molecule has 1 aromatic rings. The molecule has 0 radical (unpaired) electrons. The number of amidine groups is 1. The van der Waals surface area contributed by atoms with Crippen molar-refractivity contribution in [2.24, 2.45) is 4.99 Å². The number of rotatable bonds is 9. The lowest BCUT2D eigenvalue weighted by Gasteiger charge is -2.16. The summed E-state index contributed by atoms with van der Waals surface area (Å²) in [7, 11) is 3.41. The Labute approximate surface area is 142 Å². The number of hydrogen-bond donors (Lipinski definition) is 0. The molecular formula is C17H25N3O4. The van der Waals surface area contributed by atoms with Crippen molar-refractivity contribution in [3.05, 3.63) is 27.8 Å². The Hall–Kier alpha value is -2.31. The smallest absolute Gasteiger partial charge is 0.315 e. The van der Waals surface area contributed by atoms with Crippen LogP contribution in [-0.2, 0) is 0 Å². The average molecular weight is 335 g/mol. The van der Waals surface area contributed by atoms with Crippen molar-refractivity contribution in [3.8, 4) is 11.5 Å². The van der Waals surface area contributed by atoms with E-state index in [0.29, 0.717) is 24.5 Å². The molecular weight excluding hydrogens is 310 g/mol. The third-order valence-electron chi connectivity index (χ3n) is 4.01. The van der Waals surface area contributed by atoms with Crippen LogP contribution in [0.4, 0.5) is 5.69 Å². The minimum Gasteiger partial charge on any atom is -0.493 e. The number of benzene rings is 1. The van der Waals surface area contributed by atoms with Gasteiger partial charge in [-0.05, 0) is 12.5 Å². The predicted molar refractivity (Wildman–Crippen MR) is 93.3 cm³/mol. The van der Waals surface area contributed by atoms with E-state index in [9.17, 15) is 10.1 Å². The quantitative estimate of drug-likeness (QED) is 0.393. The molecule has 0 saturated heterocycles. The SMILES string of the molecule is CCCCCCOc1c(OC)cc(C2=NCCN2C)cc1[N+](=O)[O-]. The monoisotopic (exact) mass is 335 g/mol. The lowest BCUT2D eigenvalue weighted by atomic mass is 10.1. The van der Waals surface area contributed by atoms with Crippen LogP contribution in [-0.4, -0.2) is 49.5 Å². The van der Waals surface area contributed by atoms with Crippen LogP contribution in [0.25, 0.3) is 0 Å². The van der Waals surface area contributed by atoms with Gasteiger partial charge in [-0.15, -0.1) is 0 Å². The van der Waals surface area contributed by atoms with Gasteiger partial charge in [-0.25, -0.2) is 0 Å². The second-order valence-electron chi connectivity index (χ2n) is 5.82. The van der Waals surface area contributed by atoms with Gasteiger partial charge in [0, 0.05) is 25.2 Å². The zero-order valence-corrected chi connectivity index (χ0v) is 14.6. The topological polar surface area (TPSA) is 77.2 Å². The molecule has 0 amide bonds. The molecule has 0 fully saturated rings. The lowest BCUT2D eigenvalue weighted by molar-refractivity contribution is -0.386. The summed E-state index contributed by atoms with van der Waals surface area (Å²) in [5.74, 6) is 1.31. The number of methoxy groups -OCH3 is 1. The number of likely N-dealkylation sites (N-methyl/N-ethyl adjacent to an activating group) is 1. The van der Waals surface area contributed by atoms with E-state index in [-0.39, 0.29) is 11.4 Å². The summed E-state index contributed by atoms with van der Waals surface area (Å²) in [6.07, 6.45) is 4.18. The highest BCUT2D eigenvalue weighted by molar-refractivity contribution is 6.01. The molecule has 132 valence electrons. The molecule has 0 spiro atoms. The van der Waals surface area contributed by atoms with Crippen LogP contribution in [0.5, 0.6) is 11.5 Å². The maximum absolute atomic E-state index is 11.5. The maximum Gasteiger partial charge on any atom is 0.315 e. The summed E-state index contributed by atoms with van der Waals surface area (Å²) >= 11 is 0. The molecule has 24 heavy (non-hydrogen) atoms.